The summed E-state index contributed by atoms with van der Waals surface area (Å²) >= 11 is 0. The zero-order valence-corrected chi connectivity index (χ0v) is 15.4. The van der Waals surface area contributed by atoms with E-state index >= 15 is 0 Å². The minimum Gasteiger partial charge on any atom is -0.365 e. The van der Waals surface area contributed by atoms with Crippen molar-refractivity contribution in [2.75, 3.05) is 5.32 Å². The van der Waals surface area contributed by atoms with Crippen molar-refractivity contribution in [2.45, 2.75) is 58.7 Å². The minimum absolute atomic E-state index is 0.0142. The number of aromatic nitrogens is 4. The smallest absolute Gasteiger partial charge is 0.331 e. The number of imidazole rings is 1. The molecule has 1 aromatic rings. The molecular formula is C20H25N5O. The summed E-state index contributed by atoms with van der Waals surface area (Å²) in [5.74, 6) is 2.38. The van der Waals surface area contributed by atoms with Crippen molar-refractivity contribution in [3.05, 3.63) is 52.2 Å². The first-order valence-electron chi connectivity index (χ1n) is 9.51. The first kappa shape index (κ1) is 16.8. The van der Waals surface area contributed by atoms with Crippen LogP contribution in [0.4, 0.5) is 5.82 Å². The van der Waals surface area contributed by atoms with E-state index in [1.54, 1.807) is 4.57 Å². The van der Waals surface area contributed by atoms with E-state index in [1.165, 1.54) is 5.56 Å². The highest BCUT2D eigenvalue weighted by atomic mass is 16.1. The Labute approximate surface area is 153 Å². The number of hydrogen-bond acceptors (Lipinski definition) is 4. The summed E-state index contributed by atoms with van der Waals surface area (Å²) in [4.78, 5) is 22.5. The van der Waals surface area contributed by atoms with E-state index in [0.29, 0.717) is 13.1 Å². The molecular weight excluding hydrogens is 326 g/mol. The maximum atomic E-state index is 13.0. The molecule has 3 aliphatic rings. The second-order valence-corrected chi connectivity index (χ2v) is 6.99. The number of nitrogens with zero attached hydrogens (tertiary/aromatic N) is 4. The van der Waals surface area contributed by atoms with Crippen molar-refractivity contribution < 1.29 is 0 Å². The van der Waals surface area contributed by atoms with Crippen molar-refractivity contribution in [3.8, 4) is 11.5 Å². The third-order valence-corrected chi connectivity index (χ3v) is 4.89. The van der Waals surface area contributed by atoms with Gasteiger partial charge in [-0.2, -0.15) is 0 Å². The SMILES string of the molecule is CCCc1nc2c3n(c(=O)n(CCC)c-2n1)C[C@@H](Cc1ccccc1)N3. The number of hydrogen-bond donors (Lipinski definition) is 1. The van der Waals surface area contributed by atoms with Gasteiger partial charge >= 0.3 is 5.69 Å². The number of fused-ring (bicyclic) bond motifs is 3. The molecule has 0 saturated carbocycles. The fraction of sp³-hybridized carbons (Fsp3) is 0.450. The van der Waals surface area contributed by atoms with E-state index in [0.717, 1.165) is 48.8 Å². The van der Waals surface area contributed by atoms with Gasteiger partial charge in [0.25, 0.3) is 0 Å². The van der Waals surface area contributed by atoms with Crippen LogP contribution in [0.25, 0.3) is 11.5 Å². The van der Waals surface area contributed by atoms with Gasteiger partial charge in [0.15, 0.2) is 5.82 Å². The van der Waals surface area contributed by atoms with Gasteiger partial charge < -0.3 is 5.32 Å². The number of aryl methyl sites for hydroxylation is 1. The molecule has 0 spiro atoms. The van der Waals surface area contributed by atoms with Crippen LogP contribution in [0.3, 0.4) is 0 Å². The number of anilines is 1. The molecule has 3 heterocycles. The molecule has 6 nitrogen and oxygen atoms in total. The van der Waals surface area contributed by atoms with Crippen LogP contribution in [0.1, 0.15) is 38.1 Å². The van der Waals surface area contributed by atoms with Crippen molar-refractivity contribution in [3.63, 3.8) is 0 Å². The van der Waals surface area contributed by atoms with Crippen molar-refractivity contribution >= 4 is 5.82 Å². The Bertz CT molecular complexity index is 927. The molecule has 0 amide bonds. The Morgan fingerprint density at radius 2 is 1.96 bits per heavy atom. The highest BCUT2D eigenvalue weighted by Gasteiger charge is 2.31. The predicted molar refractivity (Wildman–Crippen MR) is 103 cm³/mol. The molecule has 1 N–H and O–H groups in total. The number of nitrogens with one attached hydrogen (secondary N) is 1. The fourth-order valence-corrected chi connectivity index (χ4v) is 3.74. The summed E-state index contributed by atoms with van der Waals surface area (Å²) in [6.45, 7) is 5.53. The predicted octanol–water partition coefficient (Wildman–Crippen LogP) is 2.94. The van der Waals surface area contributed by atoms with Gasteiger partial charge in [-0.1, -0.05) is 44.2 Å². The fourth-order valence-electron chi connectivity index (χ4n) is 3.74. The molecule has 0 aromatic heterocycles. The standard InChI is InChI=1S/C20H25N5O/c1-3-8-16-22-17-18-21-15(12-14-9-6-5-7-10-14)13-25(18)20(26)24(11-4-2)19(17)23-16/h5-7,9-10,15,21H,3-4,8,11-13H2,1-2H3/t15-/m1/s1. The number of benzene rings is 1. The van der Waals surface area contributed by atoms with Crippen molar-refractivity contribution in [2.24, 2.45) is 0 Å². The van der Waals surface area contributed by atoms with Gasteiger partial charge in [-0.3, -0.25) is 9.13 Å². The van der Waals surface area contributed by atoms with E-state index < -0.39 is 0 Å². The lowest BCUT2D eigenvalue weighted by molar-refractivity contribution is 0.560. The summed E-state index contributed by atoms with van der Waals surface area (Å²) in [5.41, 5.74) is 2.11. The van der Waals surface area contributed by atoms with Gasteiger partial charge in [0, 0.05) is 25.6 Å². The van der Waals surface area contributed by atoms with Crippen molar-refractivity contribution in [1.82, 2.24) is 19.1 Å². The topological polar surface area (TPSA) is 64.7 Å². The highest BCUT2D eigenvalue weighted by Crippen LogP contribution is 2.31. The zero-order chi connectivity index (χ0) is 18.1. The molecule has 3 aliphatic heterocycles. The normalized spacial score (nSPS) is 16.0. The lowest BCUT2D eigenvalue weighted by atomic mass is 10.1. The summed E-state index contributed by atoms with van der Waals surface area (Å²) < 4.78 is 3.63. The molecule has 0 unspecified atom stereocenters. The Morgan fingerprint density at radius 3 is 2.69 bits per heavy atom. The first-order valence-corrected chi connectivity index (χ1v) is 9.51. The quantitative estimate of drug-likeness (QED) is 0.742. The molecule has 0 radical (unpaired) electrons. The molecule has 0 saturated heterocycles. The lowest BCUT2D eigenvalue weighted by Crippen LogP contribution is -2.32. The monoisotopic (exact) mass is 351 g/mol. The summed E-state index contributed by atoms with van der Waals surface area (Å²) in [5, 5.41) is 3.54. The van der Waals surface area contributed by atoms with E-state index in [1.807, 2.05) is 10.6 Å². The van der Waals surface area contributed by atoms with E-state index in [2.05, 4.69) is 48.4 Å². The second kappa shape index (κ2) is 6.94. The van der Waals surface area contributed by atoms with Crippen LogP contribution in [-0.2, 0) is 25.9 Å². The molecule has 0 bridgehead atoms. The molecule has 1 atom stereocenters. The van der Waals surface area contributed by atoms with E-state index in [4.69, 9.17) is 4.98 Å². The van der Waals surface area contributed by atoms with Gasteiger partial charge in [-0.25, -0.2) is 14.8 Å². The first-order chi connectivity index (χ1) is 12.7. The van der Waals surface area contributed by atoms with Gasteiger partial charge in [-0.05, 0) is 24.8 Å². The largest absolute Gasteiger partial charge is 0.365 e. The molecule has 136 valence electrons. The molecule has 4 rings (SSSR count). The van der Waals surface area contributed by atoms with Gasteiger partial charge in [0.05, 0.1) is 0 Å². The van der Waals surface area contributed by atoms with Crippen LogP contribution in [0.15, 0.2) is 35.1 Å². The minimum atomic E-state index is 0.0142. The van der Waals surface area contributed by atoms with Gasteiger partial charge in [0.2, 0.25) is 0 Å². The van der Waals surface area contributed by atoms with Gasteiger partial charge in [-0.15, -0.1) is 0 Å². The van der Waals surface area contributed by atoms with E-state index in [9.17, 15) is 4.79 Å². The average Bonchev–Trinajstić information content (AvgIpc) is 3.24. The Balaban J connectivity index is 1.74. The Morgan fingerprint density at radius 1 is 1.15 bits per heavy atom. The molecule has 1 aromatic carbocycles. The molecule has 0 aliphatic carbocycles. The molecule has 26 heavy (non-hydrogen) atoms. The molecule has 6 heteroatoms. The van der Waals surface area contributed by atoms with Crippen LogP contribution in [0, 0.1) is 0 Å². The summed E-state index contributed by atoms with van der Waals surface area (Å²) in [7, 11) is 0. The second-order valence-electron chi connectivity index (χ2n) is 6.99. The maximum absolute atomic E-state index is 13.0. The highest BCUT2D eigenvalue weighted by molar-refractivity contribution is 5.69. The van der Waals surface area contributed by atoms with Crippen molar-refractivity contribution in [1.29, 1.82) is 0 Å². The van der Waals surface area contributed by atoms with E-state index in [-0.39, 0.29) is 11.7 Å². The van der Waals surface area contributed by atoms with Crippen LogP contribution in [-0.4, -0.2) is 25.1 Å². The number of rotatable bonds is 6. The summed E-state index contributed by atoms with van der Waals surface area (Å²) in [6.07, 6.45) is 3.61. The average molecular weight is 351 g/mol. The lowest BCUT2D eigenvalue weighted by Gasteiger charge is -2.13. The summed E-state index contributed by atoms with van der Waals surface area (Å²) in [6, 6.07) is 10.6. The Hall–Kier alpha value is -2.63. The van der Waals surface area contributed by atoms with Crippen LogP contribution in [0.5, 0.6) is 0 Å². The molecule has 0 fully saturated rings. The Kier molecular flexibility index (Phi) is 4.49. The van der Waals surface area contributed by atoms with Crippen LogP contribution >= 0.6 is 0 Å². The van der Waals surface area contributed by atoms with Gasteiger partial charge in [0.1, 0.15) is 17.3 Å². The van der Waals surface area contributed by atoms with Crippen LogP contribution < -0.4 is 11.0 Å². The third-order valence-electron chi connectivity index (χ3n) is 4.89. The zero-order valence-electron chi connectivity index (χ0n) is 15.4. The van der Waals surface area contributed by atoms with Crippen LogP contribution in [0.2, 0.25) is 0 Å². The third kappa shape index (κ3) is 2.89. The maximum Gasteiger partial charge on any atom is 0.331 e.